The summed E-state index contributed by atoms with van der Waals surface area (Å²) in [5.74, 6) is 0.905. The lowest BCUT2D eigenvalue weighted by Crippen LogP contribution is -2.02. The minimum Gasteiger partial charge on any atom is -0.478 e. The Labute approximate surface area is 117 Å². The van der Waals surface area contributed by atoms with E-state index < -0.39 is 0 Å². The van der Waals surface area contributed by atoms with E-state index in [4.69, 9.17) is 9.84 Å². The number of hydrogen-bond acceptors (Lipinski definition) is 6. The van der Waals surface area contributed by atoms with E-state index >= 15 is 0 Å². The van der Waals surface area contributed by atoms with Crippen LogP contribution in [0.1, 0.15) is 0 Å². The maximum absolute atomic E-state index is 8.87. The first-order valence-corrected chi connectivity index (χ1v) is 6.27. The van der Waals surface area contributed by atoms with E-state index in [0.717, 1.165) is 3.57 Å². The average Bonchev–Trinajstić information content (AvgIpc) is 2.75. The number of anilines is 2. The monoisotopic (exact) mass is 361 g/mol. The van der Waals surface area contributed by atoms with Crippen molar-refractivity contribution in [2.45, 2.75) is 6.54 Å². The molecule has 2 aromatic rings. The Morgan fingerprint density at radius 1 is 1.44 bits per heavy atom. The minimum atomic E-state index is 0.0182. The van der Waals surface area contributed by atoms with Gasteiger partial charge in [-0.2, -0.15) is 0 Å². The summed E-state index contributed by atoms with van der Waals surface area (Å²) in [6.45, 7) is 0.426. The van der Waals surface area contributed by atoms with Crippen LogP contribution in [0.25, 0.3) is 0 Å². The van der Waals surface area contributed by atoms with Crippen molar-refractivity contribution in [1.82, 2.24) is 19.7 Å². The highest BCUT2D eigenvalue weighted by Gasteiger charge is 2.10. The normalized spacial score (nSPS) is 10.4. The maximum atomic E-state index is 8.87. The van der Waals surface area contributed by atoms with Crippen LogP contribution in [0.4, 0.5) is 11.6 Å². The van der Waals surface area contributed by atoms with E-state index in [2.05, 4.69) is 43.0 Å². The Balaban J connectivity index is 2.19. The van der Waals surface area contributed by atoms with E-state index in [-0.39, 0.29) is 6.61 Å². The minimum absolute atomic E-state index is 0.0182. The zero-order valence-corrected chi connectivity index (χ0v) is 11.8. The van der Waals surface area contributed by atoms with Crippen molar-refractivity contribution >= 4 is 34.2 Å². The number of rotatable bonds is 5. The number of aliphatic hydroxyl groups excluding tert-OH is 1. The highest BCUT2D eigenvalue weighted by molar-refractivity contribution is 14.1. The molecule has 0 bridgehead atoms. The van der Waals surface area contributed by atoms with Gasteiger partial charge >= 0.3 is 0 Å². The second-order valence-electron chi connectivity index (χ2n) is 3.39. The molecule has 18 heavy (non-hydrogen) atoms. The highest BCUT2D eigenvalue weighted by atomic mass is 127. The Morgan fingerprint density at radius 3 is 2.78 bits per heavy atom. The van der Waals surface area contributed by atoms with Crippen molar-refractivity contribution < 1.29 is 9.84 Å². The molecular weight excluding hydrogens is 349 g/mol. The molecule has 2 aromatic heterocycles. The molecule has 96 valence electrons. The number of methoxy groups -OCH3 is 1. The molecular formula is C10H12IN5O2. The number of aromatic nitrogens is 4. The molecule has 0 aliphatic heterocycles. The van der Waals surface area contributed by atoms with Gasteiger partial charge in [-0.15, -0.1) is 5.10 Å². The van der Waals surface area contributed by atoms with Crippen LogP contribution in [0.3, 0.4) is 0 Å². The summed E-state index contributed by atoms with van der Waals surface area (Å²) in [7, 11) is 1.53. The Kier molecular flexibility index (Phi) is 4.31. The lowest BCUT2D eigenvalue weighted by molar-refractivity contribution is 0.267. The molecule has 0 amide bonds. The molecule has 8 heteroatoms. The molecule has 0 atom stereocenters. The van der Waals surface area contributed by atoms with Gasteiger partial charge in [-0.25, -0.2) is 9.97 Å². The highest BCUT2D eigenvalue weighted by Crippen LogP contribution is 2.24. The Hall–Kier alpha value is -1.42. The van der Waals surface area contributed by atoms with E-state index in [1.54, 1.807) is 23.3 Å². The topological polar surface area (TPSA) is 85.1 Å². The van der Waals surface area contributed by atoms with Gasteiger partial charge in [0, 0.05) is 16.0 Å². The molecule has 0 saturated carbocycles. The number of aliphatic hydroxyl groups is 1. The van der Waals surface area contributed by atoms with Gasteiger partial charge in [0.15, 0.2) is 0 Å². The summed E-state index contributed by atoms with van der Waals surface area (Å²) in [5, 5.41) is 16.0. The molecule has 2 rings (SSSR count). The fourth-order valence-electron chi connectivity index (χ4n) is 1.35. The van der Waals surface area contributed by atoms with E-state index in [1.807, 2.05) is 0 Å². The molecule has 0 radical (unpaired) electrons. The third-order valence-corrected chi connectivity index (χ3v) is 2.67. The van der Waals surface area contributed by atoms with Crippen molar-refractivity contribution in [3.8, 4) is 5.88 Å². The van der Waals surface area contributed by atoms with Gasteiger partial charge in [0.2, 0.25) is 5.95 Å². The first-order valence-electron chi connectivity index (χ1n) is 5.20. The third-order valence-electron chi connectivity index (χ3n) is 2.12. The summed E-state index contributed by atoms with van der Waals surface area (Å²) >= 11 is 2.13. The molecule has 0 aliphatic carbocycles. The van der Waals surface area contributed by atoms with Crippen LogP contribution >= 0.6 is 22.6 Å². The zero-order chi connectivity index (χ0) is 13.0. The lowest BCUT2D eigenvalue weighted by atomic mass is 10.5. The van der Waals surface area contributed by atoms with Crippen molar-refractivity contribution in [2.75, 3.05) is 19.0 Å². The summed E-state index contributed by atoms with van der Waals surface area (Å²) in [6.07, 6.45) is 5.15. The summed E-state index contributed by atoms with van der Waals surface area (Å²) < 4.78 is 7.69. The van der Waals surface area contributed by atoms with Crippen LogP contribution in [0, 0.1) is 3.57 Å². The van der Waals surface area contributed by atoms with Crippen LogP contribution in [-0.4, -0.2) is 38.6 Å². The van der Waals surface area contributed by atoms with Crippen molar-refractivity contribution in [3.05, 3.63) is 22.2 Å². The molecule has 0 saturated heterocycles. The fraction of sp³-hybridized carbons (Fsp3) is 0.300. The predicted octanol–water partition coefficient (Wildman–Crippen LogP) is 1.02. The number of nitrogens with one attached hydrogen (secondary N) is 1. The molecule has 0 fully saturated rings. The van der Waals surface area contributed by atoms with Crippen LogP contribution in [-0.2, 0) is 6.54 Å². The standard InChI is InChI=1S/C10H12IN5O2/c1-18-9-8(6-16(15-9)2-3-17)14-10-12-4-7(11)5-13-10/h4-6,17H,2-3H2,1H3,(H,12,13,14). The van der Waals surface area contributed by atoms with Crippen molar-refractivity contribution in [1.29, 1.82) is 0 Å². The van der Waals surface area contributed by atoms with E-state index in [9.17, 15) is 0 Å². The quantitative estimate of drug-likeness (QED) is 0.774. The number of hydrogen-bond donors (Lipinski definition) is 2. The lowest BCUT2D eigenvalue weighted by Gasteiger charge is -2.02. The van der Waals surface area contributed by atoms with Crippen LogP contribution in [0.2, 0.25) is 0 Å². The Morgan fingerprint density at radius 2 is 2.17 bits per heavy atom. The molecule has 7 nitrogen and oxygen atoms in total. The largest absolute Gasteiger partial charge is 0.478 e. The molecule has 0 aliphatic rings. The van der Waals surface area contributed by atoms with Gasteiger partial charge in [0.05, 0.1) is 26.5 Å². The third kappa shape index (κ3) is 3.07. The van der Waals surface area contributed by atoms with E-state index in [0.29, 0.717) is 24.1 Å². The van der Waals surface area contributed by atoms with Crippen molar-refractivity contribution in [3.63, 3.8) is 0 Å². The summed E-state index contributed by atoms with van der Waals surface area (Å²) in [6, 6.07) is 0. The zero-order valence-electron chi connectivity index (χ0n) is 9.67. The van der Waals surface area contributed by atoms with Gasteiger partial charge in [-0.3, -0.25) is 4.68 Å². The van der Waals surface area contributed by atoms with Gasteiger partial charge in [0.25, 0.3) is 5.88 Å². The number of halogens is 1. The Bertz CT molecular complexity index is 513. The molecule has 0 unspecified atom stereocenters. The average molecular weight is 361 g/mol. The first-order chi connectivity index (χ1) is 8.72. The van der Waals surface area contributed by atoms with Crippen LogP contribution in [0.15, 0.2) is 18.6 Å². The van der Waals surface area contributed by atoms with Crippen molar-refractivity contribution in [2.24, 2.45) is 0 Å². The van der Waals surface area contributed by atoms with Gasteiger partial charge in [0.1, 0.15) is 5.69 Å². The van der Waals surface area contributed by atoms with Gasteiger partial charge < -0.3 is 15.2 Å². The van der Waals surface area contributed by atoms with Crippen LogP contribution in [0.5, 0.6) is 5.88 Å². The molecule has 0 aromatic carbocycles. The van der Waals surface area contributed by atoms with E-state index in [1.165, 1.54) is 7.11 Å². The fourth-order valence-corrected chi connectivity index (χ4v) is 1.63. The first kappa shape index (κ1) is 13.0. The number of nitrogens with zero attached hydrogens (tertiary/aromatic N) is 4. The van der Waals surface area contributed by atoms with Gasteiger partial charge in [-0.1, -0.05) is 0 Å². The second-order valence-corrected chi connectivity index (χ2v) is 4.63. The molecule has 0 spiro atoms. The predicted molar refractivity (Wildman–Crippen MR) is 73.9 cm³/mol. The SMILES string of the molecule is COc1nn(CCO)cc1Nc1ncc(I)cn1. The maximum Gasteiger partial charge on any atom is 0.256 e. The van der Waals surface area contributed by atoms with Gasteiger partial charge in [-0.05, 0) is 22.6 Å². The molecule has 2 heterocycles. The summed E-state index contributed by atoms with van der Waals surface area (Å²) in [4.78, 5) is 8.27. The smallest absolute Gasteiger partial charge is 0.256 e. The van der Waals surface area contributed by atoms with Crippen LogP contribution < -0.4 is 10.1 Å². The number of ether oxygens (including phenoxy) is 1. The second kappa shape index (κ2) is 5.96. The summed E-state index contributed by atoms with van der Waals surface area (Å²) in [5.41, 5.74) is 0.659. The molecule has 2 N–H and O–H groups in total.